The van der Waals surface area contributed by atoms with Crippen molar-refractivity contribution in [1.82, 2.24) is 0 Å². The molecule has 4 nitrogen and oxygen atoms in total. The number of rotatable bonds is 3. The van der Waals surface area contributed by atoms with E-state index in [1.54, 1.807) is 0 Å². The van der Waals surface area contributed by atoms with Gasteiger partial charge in [0.15, 0.2) is 0 Å². The normalized spacial score (nSPS) is 11.8. The van der Waals surface area contributed by atoms with Crippen LogP contribution >= 0.6 is 0 Å². The Kier molecular flexibility index (Phi) is 6.00. The van der Waals surface area contributed by atoms with E-state index in [1.165, 1.54) is 10.8 Å². The second kappa shape index (κ2) is 7.50. The lowest BCUT2D eigenvalue weighted by Crippen LogP contribution is -2.31. The maximum absolute atomic E-state index is 10.1. The number of nitrogen functional groups attached to an aromatic ring is 1. The van der Waals surface area contributed by atoms with Crippen molar-refractivity contribution in [2.75, 3.05) is 5.73 Å². The van der Waals surface area contributed by atoms with E-state index in [-0.39, 0.29) is 0 Å². The van der Waals surface area contributed by atoms with Crippen molar-refractivity contribution < 1.29 is 9.90 Å². The summed E-state index contributed by atoms with van der Waals surface area (Å²) >= 11 is 0. The van der Waals surface area contributed by atoms with E-state index >= 15 is 0 Å². The molecule has 0 aromatic heterocycles. The molecule has 0 aliphatic carbocycles. The van der Waals surface area contributed by atoms with Gasteiger partial charge in [-0.2, -0.15) is 0 Å². The summed E-state index contributed by atoms with van der Waals surface area (Å²) in [5.74, 6) is -0.556. The topological polar surface area (TPSA) is 89.3 Å². The molecule has 2 rings (SSSR count). The minimum absolute atomic E-state index is 0.357. The second-order valence-electron chi connectivity index (χ2n) is 5.18. The van der Waals surface area contributed by atoms with Crippen LogP contribution in [-0.4, -0.2) is 17.1 Å². The monoisotopic (exact) mass is 274 g/mol. The zero-order valence-electron chi connectivity index (χ0n) is 11.9. The van der Waals surface area contributed by atoms with Crippen LogP contribution in [-0.2, 0) is 4.79 Å². The number of anilines is 1. The van der Waals surface area contributed by atoms with Crippen molar-refractivity contribution >= 4 is 22.4 Å². The first-order chi connectivity index (χ1) is 9.40. The van der Waals surface area contributed by atoms with Crippen molar-refractivity contribution in [3.8, 4) is 0 Å². The highest BCUT2D eigenvalue weighted by atomic mass is 16.4. The minimum Gasteiger partial charge on any atom is -0.480 e. The smallest absolute Gasteiger partial charge is 0.320 e. The third-order valence-corrected chi connectivity index (χ3v) is 2.82. The van der Waals surface area contributed by atoms with Gasteiger partial charge in [-0.1, -0.05) is 44.2 Å². The van der Waals surface area contributed by atoms with E-state index in [2.05, 4.69) is 12.1 Å². The molecule has 0 saturated heterocycles. The Hall–Kier alpha value is -2.07. The van der Waals surface area contributed by atoms with Gasteiger partial charge in [0.1, 0.15) is 6.04 Å². The lowest BCUT2D eigenvalue weighted by molar-refractivity contribution is -0.138. The molecule has 5 N–H and O–H groups in total. The SMILES string of the molecule is CC(C)C[C@H](N)C(=O)O.Nc1ccc2ccccc2c1. The molecule has 0 unspecified atom stereocenters. The number of aliphatic carboxylic acids is 1. The summed E-state index contributed by atoms with van der Waals surface area (Å²) in [6, 6.07) is 13.4. The van der Waals surface area contributed by atoms with Crippen LogP contribution in [0.1, 0.15) is 20.3 Å². The second-order valence-corrected chi connectivity index (χ2v) is 5.18. The highest BCUT2D eigenvalue weighted by Crippen LogP contribution is 2.15. The predicted molar refractivity (Wildman–Crippen MR) is 83.4 cm³/mol. The number of fused-ring (bicyclic) bond motifs is 1. The molecule has 2 aromatic rings. The van der Waals surface area contributed by atoms with Crippen LogP contribution in [0, 0.1) is 5.92 Å². The Bertz CT molecular complexity index is 567. The number of nitrogens with two attached hydrogens (primary N) is 2. The van der Waals surface area contributed by atoms with E-state index in [9.17, 15) is 4.79 Å². The summed E-state index contributed by atoms with van der Waals surface area (Å²) in [6.07, 6.45) is 0.551. The summed E-state index contributed by atoms with van der Waals surface area (Å²) in [7, 11) is 0. The molecule has 0 spiro atoms. The Labute approximate surface area is 119 Å². The third kappa shape index (κ3) is 5.28. The fourth-order valence-electron chi connectivity index (χ4n) is 1.82. The van der Waals surface area contributed by atoms with Crippen molar-refractivity contribution in [3.05, 3.63) is 42.5 Å². The van der Waals surface area contributed by atoms with Crippen molar-refractivity contribution in [1.29, 1.82) is 0 Å². The summed E-state index contributed by atoms with van der Waals surface area (Å²) in [5, 5.41) is 10.7. The van der Waals surface area contributed by atoms with Gasteiger partial charge in [-0.15, -0.1) is 0 Å². The van der Waals surface area contributed by atoms with Crippen LogP contribution in [0.4, 0.5) is 5.69 Å². The van der Waals surface area contributed by atoms with E-state index in [0.717, 1.165) is 5.69 Å². The number of carboxylic acids is 1. The molecule has 20 heavy (non-hydrogen) atoms. The Balaban J connectivity index is 0.000000206. The first-order valence-electron chi connectivity index (χ1n) is 6.62. The van der Waals surface area contributed by atoms with E-state index in [1.807, 2.05) is 44.2 Å². The standard InChI is InChI=1S/C10H9N.C6H13NO2/c11-10-6-5-8-3-1-2-4-9(8)7-10;1-4(2)3-5(7)6(8)9/h1-7H,11H2;4-5H,3,7H2,1-2H3,(H,8,9)/t;5-/m.0/s1. The maximum Gasteiger partial charge on any atom is 0.320 e. The van der Waals surface area contributed by atoms with E-state index in [4.69, 9.17) is 16.6 Å². The maximum atomic E-state index is 10.1. The lowest BCUT2D eigenvalue weighted by atomic mass is 10.1. The Morgan fingerprint density at radius 2 is 1.75 bits per heavy atom. The average Bonchev–Trinajstić information content (AvgIpc) is 2.38. The van der Waals surface area contributed by atoms with Crippen molar-refractivity contribution in [3.63, 3.8) is 0 Å². The highest BCUT2D eigenvalue weighted by Gasteiger charge is 2.11. The molecule has 0 fully saturated rings. The molecule has 0 aliphatic heterocycles. The molecule has 0 aliphatic rings. The molecule has 4 heteroatoms. The number of hydrogen-bond acceptors (Lipinski definition) is 3. The van der Waals surface area contributed by atoms with Gasteiger partial charge in [-0.25, -0.2) is 0 Å². The zero-order valence-corrected chi connectivity index (χ0v) is 11.9. The Morgan fingerprint density at radius 3 is 2.25 bits per heavy atom. The van der Waals surface area contributed by atoms with Gasteiger partial charge in [0.25, 0.3) is 0 Å². The molecule has 1 atom stereocenters. The van der Waals surface area contributed by atoms with Gasteiger partial charge >= 0.3 is 5.97 Å². The van der Waals surface area contributed by atoms with Crippen molar-refractivity contribution in [2.45, 2.75) is 26.3 Å². The molecule has 0 saturated carbocycles. The van der Waals surface area contributed by atoms with E-state index in [0.29, 0.717) is 12.3 Å². The van der Waals surface area contributed by atoms with Gasteiger partial charge in [0, 0.05) is 5.69 Å². The summed E-state index contributed by atoms with van der Waals surface area (Å²) in [4.78, 5) is 10.1. The number of carbonyl (C=O) groups is 1. The molecular formula is C16H22N2O2. The predicted octanol–water partition coefficient (Wildman–Crippen LogP) is 2.87. The van der Waals surface area contributed by atoms with Gasteiger partial charge in [-0.05, 0) is 35.2 Å². The van der Waals surface area contributed by atoms with Gasteiger partial charge in [-0.3, -0.25) is 4.79 Å². The fraction of sp³-hybridized carbons (Fsp3) is 0.312. The Morgan fingerprint density at radius 1 is 1.15 bits per heavy atom. The van der Waals surface area contributed by atoms with Gasteiger partial charge in [0.05, 0.1) is 0 Å². The summed E-state index contributed by atoms with van der Waals surface area (Å²) in [5.41, 5.74) is 11.7. The lowest BCUT2D eigenvalue weighted by Gasteiger charge is -2.07. The molecule has 2 aromatic carbocycles. The molecule has 0 bridgehead atoms. The highest BCUT2D eigenvalue weighted by molar-refractivity contribution is 5.85. The number of benzene rings is 2. The summed E-state index contributed by atoms with van der Waals surface area (Å²) in [6.45, 7) is 3.89. The molecular weight excluding hydrogens is 252 g/mol. The third-order valence-electron chi connectivity index (χ3n) is 2.82. The molecule has 0 amide bonds. The zero-order chi connectivity index (χ0) is 15.1. The largest absolute Gasteiger partial charge is 0.480 e. The van der Waals surface area contributed by atoms with Crippen LogP contribution < -0.4 is 11.5 Å². The number of carboxylic acid groups (broad SMARTS) is 1. The van der Waals surface area contributed by atoms with Gasteiger partial charge in [0.2, 0.25) is 0 Å². The molecule has 0 heterocycles. The average molecular weight is 274 g/mol. The molecule has 108 valence electrons. The first kappa shape index (κ1) is 16.0. The first-order valence-corrected chi connectivity index (χ1v) is 6.62. The van der Waals surface area contributed by atoms with Crippen LogP contribution in [0.2, 0.25) is 0 Å². The summed E-state index contributed by atoms with van der Waals surface area (Å²) < 4.78 is 0. The van der Waals surface area contributed by atoms with Gasteiger partial charge < -0.3 is 16.6 Å². The quantitative estimate of drug-likeness (QED) is 0.751. The van der Waals surface area contributed by atoms with Crippen LogP contribution in [0.3, 0.4) is 0 Å². The number of hydrogen-bond donors (Lipinski definition) is 3. The van der Waals surface area contributed by atoms with Crippen molar-refractivity contribution in [2.24, 2.45) is 11.7 Å². The van der Waals surface area contributed by atoms with E-state index < -0.39 is 12.0 Å². The fourth-order valence-corrected chi connectivity index (χ4v) is 1.82. The van der Waals surface area contributed by atoms with Crippen LogP contribution in [0.25, 0.3) is 10.8 Å². The molecule has 0 radical (unpaired) electrons. The van der Waals surface area contributed by atoms with Crippen LogP contribution in [0.15, 0.2) is 42.5 Å². The van der Waals surface area contributed by atoms with Crippen LogP contribution in [0.5, 0.6) is 0 Å². The minimum atomic E-state index is -0.913.